The van der Waals surface area contributed by atoms with Crippen molar-refractivity contribution in [2.24, 2.45) is 0 Å². The van der Waals surface area contributed by atoms with Gasteiger partial charge in [-0.2, -0.15) is 0 Å². The molecule has 0 unspecified atom stereocenters. The molecule has 1 aromatic carbocycles. The van der Waals surface area contributed by atoms with Gasteiger partial charge in [0.2, 0.25) is 11.0 Å². The van der Waals surface area contributed by atoms with Crippen molar-refractivity contribution < 1.29 is 4.79 Å². The Morgan fingerprint density at radius 2 is 1.94 bits per heavy atom. The van der Waals surface area contributed by atoms with E-state index in [4.69, 9.17) is 0 Å². The molecule has 0 spiro atoms. The Bertz CT molecular complexity index is 572. The lowest BCUT2D eigenvalue weighted by Gasteiger charge is -1.96. The zero-order valence-electron chi connectivity index (χ0n) is 10.2. The molecule has 0 aliphatic heterocycles. The molecule has 0 atom stereocenters. The largest absolute Gasteiger partial charge is 0.297 e. The zero-order chi connectivity index (χ0) is 13.0. The van der Waals surface area contributed by atoms with E-state index in [1.54, 1.807) is 6.08 Å². The third-order valence-corrected chi connectivity index (χ3v) is 3.01. The first kappa shape index (κ1) is 12.4. The maximum Gasteiger partial charge on any atom is 0.250 e. The van der Waals surface area contributed by atoms with Gasteiger partial charge in [-0.05, 0) is 25.5 Å². The van der Waals surface area contributed by atoms with Crippen LogP contribution in [0.15, 0.2) is 30.3 Å². The fourth-order valence-corrected chi connectivity index (χ4v) is 1.94. The second-order valence-electron chi connectivity index (χ2n) is 3.86. The number of amides is 1. The number of aryl methyl sites for hydroxylation is 2. The number of carbonyl (C=O) groups excluding carboxylic acids is 1. The van der Waals surface area contributed by atoms with E-state index in [0.29, 0.717) is 5.13 Å². The van der Waals surface area contributed by atoms with Gasteiger partial charge in [-0.3, -0.25) is 10.1 Å². The van der Waals surface area contributed by atoms with Crippen LogP contribution in [0, 0.1) is 13.8 Å². The van der Waals surface area contributed by atoms with Crippen molar-refractivity contribution in [1.82, 2.24) is 10.2 Å². The van der Waals surface area contributed by atoms with E-state index >= 15 is 0 Å². The van der Waals surface area contributed by atoms with Crippen molar-refractivity contribution in [3.63, 3.8) is 0 Å². The van der Waals surface area contributed by atoms with Gasteiger partial charge in [0.25, 0.3) is 0 Å². The van der Waals surface area contributed by atoms with E-state index in [0.717, 1.165) is 10.6 Å². The summed E-state index contributed by atoms with van der Waals surface area (Å²) < 4.78 is 0. The molecule has 4 nitrogen and oxygen atoms in total. The zero-order valence-corrected chi connectivity index (χ0v) is 11.0. The highest BCUT2D eigenvalue weighted by Crippen LogP contribution is 2.13. The van der Waals surface area contributed by atoms with E-state index < -0.39 is 0 Å². The molecular weight excluding hydrogens is 246 g/mol. The predicted octanol–water partition coefficient (Wildman–Crippen LogP) is 2.81. The van der Waals surface area contributed by atoms with Crippen LogP contribution in [0.3, 0.4) is 0 Å². The molecule has 0 radical (unpaired) electrons. The van der Waals surface area contributed by atoms with Gasteiger partial charge in [0, 0.05) is 6.08 Å². The maximum absolute atomic E-state index is 11.6. The van der Waals surface area contributed by atoms with E-state index in [1.165, 1.54) is 23.0 Å². The topological polar surface area (TPSA) is 54.9 Å². The molecule has 0 aliphatic carbocycles. The van der Waals surface area contributed by atoms with Crippen molar-refractivity contribution in [2.75, 3.05) is 5.32 Å². The van der Waals surface area contributed by atoms with Crippen LogP contribution in [-0.2, 0) is 4.79 Å². The smallest absolute Gasteiger partial charge is 0.250 e. The number of hydrogen-bond donors (Lipinski definition) is 1. The normalized spacial score (nSPS) is 10.8. The summed E-state index contributed by atoms with van der Waals surface area (Å²) in [5, 5.41) is 11.7. The molecule has 92 valence electrons. The van der Waals surface area contributed by atoms with Crippen molar-refractivity contribution in [3.05, 3.63) is 46.5 Å². The van der Waals surface area contributed by atoms with Gasteiger partial charge in [0.05, 0.1) is 0 Å². The molecule has 1 aromatic heterocycles. The van der Waals surface area contributed by atoms with E-state index in [-0.39, 0.29) is 5.91 Å². The first-order valence-corrected chi connectivity index (χ1v) is 6.31. The Kier molecular flexibility index (Phi) is 3.84. The lowest BCUT2D eigenvalue weighted by Crippen LogP contribution is -2.07. The van der Waals surface area contributed by atoms with Crippen LogP contribution in [0.5, 0.6) is 0 Å². The number of hydrogen-bond acceptors (Lipinski definition) is 4. The molecule has 0 fully saturated rings. The maximum atomic E-state index is 11.6. The molecule has 0 saturated carbocycles. The second-order valence-corrected chi connectivity index (χ2v) is 5.04. The molecule has 2 aromatic rings. The number of rotatable bonds is 3. The molecular formula is C13H13N3OS. The Balaban J connectivity index is 1.96. The molecule has 2 rings (SSSR count). The van der Waals surface area contributed by atoms with E-state index in [2.05, 4.69) is 15.5 Å². The van der Waals surface area contributed by atoms with Gasteiger partial charge >= 0.3 is 0 Å². The summed E-state index contributed by atoms with van der Waals surface area (Å²) in [5.74, 6) is -0.202. The summed E-state index contributed by atoms with van der Waals surface area (Å²) in [7, 11) is 0. The highest BCUT2D eigenvalue weighted by molar-refractivity contribution is 7.15. The van der Waals surface area contributed by atoms with Crippen molar-refractivity contribution >= 4 is 28.5 Å². The van der Waals surface area contributed by atoms with Gasteiger partial charge < -0.3 is 0 Å². The van der Waals surface area contributed by atoms with E-state index in [9.17, 15) is 4.79 Å². The summed E-state index contributed by atoms with van der Waals surface area (Å²) in [4.78, 5) is 11.6. The summed E-state index contributed by atoms with van der Waals surface area (Å²) in [6, 6.07) is 7.94. The molecule has 1 heterocycles. The van der Waals surface area contributed by atoms with Gasteiger partial charge in [0.1, 0.15) is 5.01 Å². The Morgan fingerprint density at radius 1 is 1.22 bits per heavy atom. The van der Waals surface area contributed by atoms with Gasteiger partial charge in [-0.25, -0.2) is 0 Å². The first-order chi connectivity index (χ1) is 8.63. The van der Waals surface area contributed by atoms with Crippen LogP contribution >= 0.6 is 11.3 Å². The van der Waals surface area contributed by atoms with E-state index in [1.807, 2.05) is 38.1 Å². The Hall–Kier alpha value is -2.01. The average Bonchev–Trinajstić information content (AvgIpc) is 2.74. The fourth-order valence-electron chi connectivity index (χ4n) is 1.34. The Morgan fingerprint density at radius 3 is 2.56 bits per heavy atom. The van der Waals surface area contributed by atoms with Gasteiger partial charge in [0.15, 0.2) is 0 Å². The quantitative estimate of drug-likeness (QED) is 0.862. The number of nitrogens with one attached hydrogen (secondary N) is 1. The highest BCUT2D eigenvalue weighted by atomic mass is 32.1. The lowest BCUT2D eigenvalue weighted by molar-refractivity contribution is -0.111. The van der Waals surface area contributed by atoms with Crippen molar-refractivity contribution in [2.45, 2.75) is 13.8 Å². The number of aromatic nitrogens is 2. The SMILES string of the molecule is Cc1ccc(C=CC(=O)Nc2nnc(C)s2)cc1. The minimum Gasteiger partial charge on any atom is -0.297 e. The number of benzene rings is 1. The number of carbonyl (C=O) groups is 1. The number of anilines is 1. The van der Waals surface area contributed by atoms with Crippen molar-refractivity contribution in [3.8, 4) is 0 Å². The molecule has 0 saturated heterocycles. The summed E-state index contributed by atoms with van der Waals surface area (Å²) in [6.45, 7) is 3.87. The van der Waals surface area contributed by atoms with Crippen LogP contribution in [0.25, 0.3) is 6.08 Å². The van der Waals surface area contributed by atoms with Crippen LogP contribution < -0.4 is 5.32 Å². The summed E-state index contributed by atoms with van der Waals surface area (Å²) >= 11 is 1.35. The highest BCUT2D eigenvalue weighted by Gasteiger charge is 2.02. The average molecular weight is 259 g/mol. The Labute approximate surface area is 109 Å². The first-order valence-electron chi connectivity index (χ1n) is 5.49. The van der Waals surface area contributed by atoms with Crippen LogP contribution in [-0.4, -0.2) is 16.1 Å². The lowest BCUT2D eigenvalue weighted by atomic mass is 10.1. The monoisotopic (exact) mass is 259 g/mol. The summed E-state index contributed by atoms with van der Waals surface area (Å²) in [6.07, 6.45) is 3.25. The summed E-state index contributed by atoms with van der Waals surface area (Å²) in [5.41, 5.74) is 2.19. The fraction of sp³-hybridized carbons (Fsp3) is 0.154. The van der Waals surface area contributed by atoms with Crippen LogP contribution in [0.2, 0.25) is 0 Å². The minimum absolute atomic E-state index is 0.202. The predicted molar refractivity (Wildman–Crippen MR) is 73.5 cm³/mol. The van der Waals surface area contributed by atoms with Crippen molar-refractivity contribution in [1.29, 1.82) is 0 Å². The van der Waals surface area contributed by atoms with Crippen LogP contribution in [0.1, 0.15) is 16.1 Å². The minimum atomic E-state index is -0.202. The molecule has 1 N–H and O–H groups in total. The number of nitrogens with zero attached hydrogens (tertiary/aromatic N) is 2. The molecule has 0 bridgehead atoms. The van der Waals surface area contributed by atoms with Gasteiger partial charge in [-0.1, -0.05) is 41.2 Å². The molecule has 18 heavy (non-hydrogen) atoms. The molecule has 0 aliphatic rings. The molecule has 5 heteroatoms. The molecule has 1 amide bonds. The third kappa shape index (κ3) is 3.49. The standard InChI is InChI=1S/C13H13N3OS/c1-9-3-5-11(6-4-9)7-8-12(17)14-13-16-15-10(2)18-13/h3-8H,1-2H3,(H,14,16,17). The second kappa shape index (κ2) is 5.55. The van der Waals surface area contributed by atoms with Crippen LogP contribution in [0.4, 0.5) is 5.13 Å². The van der Waals surface area contributed by atoms with Gasteiger partial charge in [-0.15, -0.1) is 10.2 Å². The third-order valence-electron chi connectivity index (χ3n) is 2.26.